The van der Waals surface area contributed by atoms with Crippen LogP contribution in [0.1, 0.15) is 49.3 Å². The summed E-state index contributed by atoms with van der Waals surface area (Å²) in [5, 5.41) is 0. The Balaban J connectivity index is 1.26. The van der Waals surface area contributed by atoms with Crippen molar-refractivity contribution in [2.75, 3.05) is 13.6 Å². The summed E-state index contributed by atoms with van der Waals surface area (Å²) in [6, 6.07) is 15.3. The minimum Gasteiger partial charge on any atom is -0.345 e. The fourth-order valence-corrected chi connectivity index (χ4v) is 4.73. The standard InChI is InChI=1S/C23H27BrFN3O/c1-28(22(29)23(10-11-23)17-6-3-7-18(24)14-17)12-4-9-20-15-21(27-26-20)16-5-2-8-19(25)13-16/h2-3,5-8,13-14,20-21,26-27H,4,9-12,15H2,1H3. The summed E-state index contributed by atoms with van der Waals surface area (Å²) >= 11 is 3.52. The van der Waals surface area contributed by atoms with Gasteiger partial charge < -0.3 is 4.90 Å². The normalized spacial score (nSPS) is 22.4. The van der Waals surface area contributed by atoms with E-state index >= 15 is 0 Å². The van der Waals surface area contributed by atoms with Crippen LogP contribution in [0, 0.1) is 5.82 Å². The van der Waals surface area contributed by atoms with Crippen molar-refractivity contribution >= 4 is 21.8 Å². The lowest BCUT2D eigenvalue weighted by Gasteiger charge is -2.24. The highest BCUT2D eigenvalue weighted by Crippen LogP contribution is 2.50. The molecule has 6 heteroatoms. The largest absolute Gasteiger partial charge is 0.345 e. The van der Waals surface area contributed by atoms with E-state index < -0.39 is 0 Å². The number of halogens is 2. The van der Waals surface area contributed by atoms with Crippen molar-refractivity contribution in [2.45, 2.75) is 49.6 Å². The predicted molar refractivity (Wildman–Crippen MR) is 116 cm³/mol. The summed E-state index contributed by atoms with van der Waals surface area (Å²) in [5.41, 5.74) is 8.35. The Morgan fingerprint density at radius 1 is 1.21 bits per heavy atom. The molecular formula is C23H27BrFN3O. The lowest BCUT2D eigenvalue weighted by atomic mass is 9.94. The SMILES string of the molecule is CN(CCCC1CC(c2cccc(F)c2)NN1)C(=O)C1(c2cccc(Br)c2)CC1. The molecule has 0 spiro atoms. The summed E-state index contributed by atoms with van der Waals surface area (Å²) in [6.07, 6.45) is 4.68. The van der Waals surface area contributed by atoms with E-state index in [1.807, 2.05) is 30.1 Å². The Labute approximate surface area is 180 Å². The smallest absolute Gasteiger partial charge is 0.232 e. The van der Waals surface area contributed by atoms with Crippen molar-refractivity contribution < 1.29 is 9.18 Å². The van der Waals surface area contributed by atoms with Gasteiger partial charge in [0.25, 0.3) is 0 Å². The molecule has 4 rings (SSSR count). The second kappa shape index (κ2) is 8.54. The Kier molecular flexibility index (Phi) is 6.04. The first-order chi connectivity index (χ1) is 14.0. The molecule has 4 nitrogen and oxygen atoms in total. The molecule has 2 N–H and O–H groups in total. The fraction of sp³-hybridized carbons (Fsp3) is 0.435. The molecular weight excluding hydrogens is 433 g/mol. The quantitative estimate of drug-likeness (QED) is 0.641. The van der Waals surface area contributed by atoms with E-state index in [4.69, 9.17) is 0 Å². The van der Waals surface area contributed by atoms with Crippen molar-refractivity contribution in [3.8, 4) is 0 Å². The number of nitrogens with one attached hydrogen (secondary N) is 2. The summed E-state index contributed by atoms with van der Waals surface area (Å²) in [4.78, 5) is 15.0. The Bertz CT molecular complexity index is 886. The minimum atomic E-state index is -0.325. The Morgan fingerprint density at radius 3 is 2.72 bits per heavy atom. The molecule has 1 saturated carbocycles. The fourth-order valence-electron chi connectivity index (χ4n) is 4.33. The van der Waals surface area contributed by atoms with E-state index in [-0.39, 0.29) is 23.2 Å². The van der Waals surface area contributed by atoms with Gasteiger partial charge in [-0.1, -0.05) is 40.2 Å². The zero-order valence-corrected chi connectivity index (χ0v) is 18.2. The van der Waals surface area contributed by atoms with Crippen molar-refractivity contribution in [1.82, 2.24) is 15.8 Å². The van der Waals surface area contributed by atoms with Gasteiger partial charge in [-0.2, -0.15) is 0 Å². The Morgan fingerprint density at radius 2 is 2.00 bits per heavy atom. The molecule has 2 aromatic rings. The molecule has 154 valence electrons. The average Bonchev–Trinajstić information content (AvgIpc) is 3.39. The van der Waals surface area contributed by atoms with E-state index in [9.17, 15) is 9.18 Å². The van der Waals surface area contributed by atoms with E-state index in [1.54, 1.807) is 12.1 Å². The molecule has 29 heavy (non-hydrogen) atoms. The first kappa shape index (κ1) is 20.5. The van der Waals surface area contributed by atoms with Crippen molar-refractivity contribution in [3.63, 3.8) is 0 Å². The second-order valence-electron chi connectivity index (χ2n) is 8.29. The lowest BCUT2D eigenvalue weighted by molar-refractivity contribution is -0.132. The van der Waals surface area contributed by atoms with Crippen LogP contribution in [0.25, 0.3) is 0 Å². The van der Waals surface area contributed by atoms with Gasteiger partial charge in [-0.15, -0.1) is 0 Å². The third kappa shape index (κ3) is 4.55. The Hall–Kier alpha value is -1.76. The van der Waals surface area contributed by atoms with Gasteiger partial charge in [-0.3, -0.25) is 15.6 Å². The molecule has 1 heterocycles. The van der Waals surface area contributed by atoms with E-state index in [0.29, 0.717) is 6.04 Å². The zero-order valence-electron chi connectivity index (χ0n) is 16.6. The van der Waals surface area contributed by atoms with Crippen LogP contribution in [0.3, 0.4) is 0 Å². The number of carbonyl (C=O) groups excluding carboxylic acids is 1. The predicted octanol–water partition coefficient (Wildman–Crippen LogP) is 4.47. The molecule has 1 amide bonds. The summed E-state index contributed by atoms with van der Waals surface area (Å²) in [7, 11) is 1.91. The van der Waals surface area contributed by atoms with Gasteiger partial charge in [0, 0.05) is 30.1 Å². The van der Waals surface area contributed by atoms with Crippen LogP contribution < -0.4 is 10.9 Å². The average molecular weight is 460 g/mol. The van der Waals surface area contributed by atoms with Crippen molar-refractivity contribution in [2.24, 2.45) is 0 Å². The first-order valence-electron chi connectivity index (χ1n) is 10.3. The van der Waals surface area contributed by atoms with Gasteiger partial charge in [0.15, 0.2) is 0 Å². The molecule has 1 saturated heterocycles. The van der Waals surface area contributed by atoms with Gasteiger partial charge >= 0.3 is 0 Å². The number of carbonyl (C=O) groups is 1. The van der Waals surface area contributed by atoms with Crippen molar-refractivity contribution in [1.29, 1.82) is 0 Å². The van der Waals surface area contributed by atoms with E-state index in [0.717, 1.165) is 54.2 Å². The molecule has 2 aromatic carbocycles. The van der Waals surface area contributed by atoms with Gasteiger partial charge in [-0.05, 0) is 67.5 Å². The number of benzene rings is 2. The maximum atomic E-state index is 13.4. The highest BCUT2D eigenvalue weighted by Gasteiger charge is 2.52. The lowest BCUT2D eigenvalue weighted by Crippen LogP contribution is -2.38. The maximum Gasteiger partial charge on any atom is 0.232 e. The second-order valence-corrected chi connectivity index (χ2v) is 9.21. The monoisotopic (exact) mass is 459 g/mol. The van der Waals surface area contributed by atoms with Crippen LogP contribution in [0.2, 0.25) is 0 Å². The number of rotatable bonds is 7. The summed E-state index contributed by atoms with van der Waals surface area (Å²) < 4.78 is 14.5. The summed E-state index contributed by atoms with van der Waals surface area (Å²) in [6.45, 7) is 0.747. The number of likely N-dealkylation sites (N-methyl/N-ethyl adjacent to an activating group) is 1. The minimum absolute atomic E-state index is 0.126. The van der Waals surface area contributed by atoms with Crippen molar-refractivity contribution in [3.05, 3.63) is 69.9 Å². The van der Waals surface area contributed by atoms with Gasteiger partial charge in [0.05, 0.1) is 5.41 Å². The van der Waals surface area contributed by atoms with Crippen LogP contribution >= 0.6 is 15.9 Å². The highest BCUT2D eigenvalue weighted by molar-refractivity contribution is 9.10. The topological polar surface area (TPSA) is 44.4 Å². The third-order valence-corrected chi connectivity index (χ3v) is 6.66. The van der Waals surface area contributed by atoms with Gasteiger partial charge in [-0.25, -0.2) is 4.39 Å². The van der Waals surface area contributed by atoms with Gasteiger partial charge in [0.1, 0.15) is 5.82 Å². The number of nitrogens with zero attached hydrogens (tertiary/aromatic N) is 1. The molecule has 0 radical (unpaired) electrons. The molecule has 2 unspecified atom stereocenters. The van der Waals surface area contributed by atoms with Crippen LogP contribution in [0.15, 0.2) is 53.0 Å². The highest BCUT2D eigenvalue weighted by atomic mass is 79.9. The zero-order chi connectivity index (χ0) is 20.4. The third-order valence-electron chi connectivity index (χ3n) is 6.16. The maximum absolute atomic E-state index is 13.4. The molecule has 2 atom stereocenters. The van der Waals surface area contributed by atoms with E-state index in [2.05, 4.69) is 38.9 Å². The van der Waals surface area contributed by atoms with E-state index in [1.165, 1.54) is 6.07 Å². The number of hydrazine groups is 1. The molecule has 1 aliphatic heterocycles. The molecule has 2 aliphatic rings. The van der Waals surface area contributed by atoms with Crippen LogP contribution in [0.5, 0.6) is 0 Å². The van der Waals surface area contributed by atoms with Gasteiger partial charge in [0.2, 0.25) is 5.91 Å². The number of hydrogen-bond acceptors (Lipinski definition) is 3. The molecule has 0 bridgehead atoms. The molecule has 0 aromatic heterocycles. The number of amides is 1. The molecule has 2 fully saturated rings. The number of hydrogen-bond donors (Lipinski definition) is 2. The summed E-state index contributed by atoms with van der Waals surface area (Å²) in [5.74, 6) is 0.0260. The van der Waals surface area contributed by atoms with Crippen LogP contribution in [-0.4, -0.2) is 30.4 Å². The van der Waals surface area contributed by atoms with Crippen LogP contribution in [0.4, 0.5) is 4.39 Å². The molecule has 1 aliphatic carbocycles. The first-order valence-corrected chi connectivity index (χ1v) is 11.1. The van der Waals surface area contributed by atoms with Crippen LogP contribution in [-0.2, 0) is 10.2 Å².